The van der Waals surface area contributed by atoms with E-state index in [-0.39, 0.29) is 0 Å². The van der Waals surface area contributed by atoms with Crippen LogP contribution in [0.5, 0.6) is 11.5 Å². The first kappa shape index (κ1) is 19.2. The highest BCUT2D eigenvalue weighted by Crippen LogP contribution is 2.30. The molecule has 0 aliphatic carbocycles. The van der Waals surface area contributed by atoms with Gasteiger partial charge in [0.15, 0.2) is 18.1 Å². The van der Waals surface area contributed by atoms with Gasteiger partial charge in [-0.2, -0.15) is 0 Å². The largest absolute Gasteiger partial charge is 0.490 e. The molecule has 0 spiro atoms. The fourth-order valence-corrected chi connectivity index (χ4v) is 2.46. The molecule has 1 N–H and O–H groups in total. The molecule has 1 heterocycles. The third-order valence-electron chi connectivity index (χ3n) is 3.82. The van der Waals surface area contributed by atoms with E-state index in [2.05, 4.69) is 5.32 Å². The first-order valence-corrected chi connectivity index (χ1v) is 8.75. The molecule has 2 aromatic rings. The molecule has 0 aromatic heterocycles. The van der Waals surface area contributed by atoms with Crippen LogP contribution in [0.15, 0.2) is 54.6 Å². The number of benzene rings is 2. The maximum atomic E-state index is 11.8. The van der Waals surface area contributed by atoms with Gasteiger partial charge in [-0.3, -0.25) is 14.9 Å². The maximum absolute atomic E-state index is 11.8. The van der Waals surface area contributed by atoms with E-state index in [0.29, 0.717) is 30.3 Å². The number of esters is 1. The van der Waals surface area contributed by atoms with Crippen molar-refractivity contribution in [2.24, 2.45) is 0 Å². The van der Waals surface area contributed by atoms with E-state index < -0.39 is 24.4 Å². The molecule has 144 valence electrons. The van der Waals surface area contributed by atoms with Gasteiger partial charge in [0.25, 0.3) is 11.8 Å². The van der Waals surface area contributed by atoms with Gasteiger partial charge in [0.1, 0.15) is 0 Å². The van der Waals surface area contributed by atoms with Crippen LogP contribution in [0.2, 0.25) is 0 Å². The molecule has 28 heavy (non-hydrogen) atoms. The third-order valence-corrected chi connectivity index (χ3v) is 3.82. The lowest BCUT2D eigenvalue weighted by Gasteiger charge is -2.07. The van der Waals surface area contributed by atoms with Gasteiger partial charge in [-0.25, -0.2) is 4.79 Å². The quantitative estimate of drug-likeness (QED) is 0.632. The summed E-state index contributed by atoms with van der Waals surface area (Å²) < 4.78 is 16.0. The Balaban J connectivity index is 1.48. The SMILES string of the molecule is O=C(COC(=O)/C=C/c1ccc2c(c1)OCCCO2)NC(=O)c1ccccc1. The van der Waals surface area contributed by atoms with Gasteiger partial charge in [0.2, 0.25) is 0 Å². The Bertz CT molecular complexity index is 891. The van der Waals surface area contributed by atoms with Gasteiger partial charge >= 0.3 is 5.97 Å². The van der Waals surface area contributed by atoms with Crippen molar-refractivity contribution in [1.29, 1.82) is 0 Å². The standard InChI is InChI=1S/C21H19NO6/c23-19(22-21(25)16-5-2-1-3-6-16)14-28-20(24)10-8-15-7-9-17-18(13-15)27-12-4-11-26-17/h1-3,5-10,13H,4,11-12,14H2,(H,22,23,25)/b10-8+. The highest BCUT2D eigenvalue weighted by atomic mass is 16.5. The van der Waals surface area contributed by atoms with Crippen molar-refractivity contribution in [2.45, 2.75) is 6.42 Å². The summed E-state index contributed by atoms with van der Waals surface area (Å²) in [7, 11) is 0. The zero-order chi connectivity index (χ0) is 19.8. The molecular weight excluding hydrogens is 362 g/mol. The first-order valence-electron chi connectivity index (χ1n) is 8.75. The van der Waals surface area contributed by atoms with Crippen molar-refractivity contribution >= 4 is 23.9 Å². The van der Waals surface area contributed by atoms with Gasteiger partial charge in [-0.05, 0) is 35.9 Å². The zero-order valence-corrected chi connectivity index (χ0v) is 15.1. The number of rotatable bonds is 5. The number of amides is 2. The minimum atomic E-state index is -0.703. The van der Waals surface area contributed by atoms with Crippen molar-refractivity contribution in [3.63, 3.8) is 0 Å². The Labute approximate surface area is 161 Å². The van der Waals surface area contributed by atoms with Crippen LogP contribution in [0.1, 0.15) is 22.3 Å². The number of carbonyl (C=O) groups is 3. The number of nitrogens with one attached hydrogen (secondary N) is 1. The van der Waals surface area contributed by atoms with Gasteiger partial charge in [-0.15, -0.1) is 0 Å². The van der Waals surface area contributed by atoms with E-state index in [1.165, 1.54) is 6.08 Å². The normalized spacial score (nSPS) is 12.9. The van der Waals surface area contributed by atoms with Crippen LogP contribution in [0.3, 0.4) is 0 Å². The molecule has 0 saturated carbocycles. The van der Waals surface area contributed by atoms with Gasteiger partial charge < -0.3 is 14.2 Å². The molecule has 2 amide bonds. The average molecular weight is 381 g/mol. The Morgan fingerprint density at radius 1 is 1.00 bits per heavy atom. The lowest BCUT2D eigenvalue weighted by Crippen LogP contribution is -2.33. The lowest BCUT2D eigenvalue weighted by molar-refractivity contribution is -0.143. The predicted octanol–water partition coefficient (Wildman–Crippen LogP) is 2.36. The minimum absolute atomic E-state index is 0.344. The van der Waals surface area contributed by atoms with Crippen LogP contribution in [0.25, 0.3) is 6.08 Å². The van der Waals surface area contributed by atoms with E-state index in [1.54, 1.807) is 54.6 Å². The summed E-state index contributed by atoms with van der Waals surface area (Å²) in [4.78, 5) is 35.4. The smallest absolute Gasteiger partial charge is 0.331 e. The van der Waals surface area contributed by atoms with Crippen LogP contribution in [-0.2, 0) is 14.3 Å². The molecule has 1 aliphatic rings. The van der Waals surface area contributed by atoms with Gasteiger partial charge in [0.05, 0.1) is 13.2 Å². The lowest BCUT2D eigenvalue weighted by atomic mass is 10.2. The topological polar surface area (TPSA) is 90.9 Å². The molecule has 0 saturated heterocycles. The molecule has 3 rings (SSSR count). The van der Waals surface area contributed by atoms with Crippen molar-refractivity contribution in [3.05, 3.63) is 65.7 Å². The maximum Gasteiger partial charge on any atom is 0.331 e. The second-order valence-corrected chi connectivity index (χ2v) is 5.94. The molecule has 2 aromatic carbocycles. The fraction of sp³-hybridized carbons (Fsp3) is 0.190. The van der Waals surface area contributed by atoms with Crippen molar-refractivity contribution in [2.75, 3.05) is 19.8 Å². The van der Waals surface area contributed by atoms with Gasteiger partial charge in [0, 0.05) is 18.1 Å². The van der Waals surface area contributed by atoms with E-state index >= 15 is 0 Å². The zero-order valence-electron chi connectivity index (χ0n) is 15.1. The van der Waals surface area contributed by atoms with Crippen molar-refractivity contribution < 1.29 is 28.6 Å². The second kappa shape index (κ2) is 9.36. The second-order valence-electron chi connectivity index (χ2n) is 5.94. The molecule has 1 aliphatic heterocycles. The van der Waals surface area contributed by atoms with Crippen LogP contribution in [0, 0.1) is 0 Å². The Hall–Kier alpha value is -3.61. The van der Waals surface area contributed by atoms with E-state index in [9.17, 15) is 14.4 Å². The molecule has 0 fully saturated rings. The molecule has 7 nitrogen and oxygen atoms in total. The number of ether oxygens (including phenoxy) is 3. The van der Waals surface area contributed by atoms with Crippen LogP contribution < -0.4 is 14.8 Å². The Morgan fingerprint density at radius 3 is 2.54 bits per heavy atom. The predicted molar refractivity (Wildman–Crippen MR) is 101 cm³/mol. The summed E-state index contributed by atoms with van der Waals surface area (Å²) >= 11 is 0. The molecule has 0 bridgehead atoms. The Kier molecular flexibility index (Phi) is 6.41. The average Bonchev–Trinajstić information content (AvgIpc) is 2.96. The van der Waals surface area contributed by atoms with Crippen molar-refractivity contribution in [1.82, 2.24) is 5.32 Å². The summed E-state index contributed by atoms with van der Waals surface area (Å²) in [6, 6.07) is 13.6. The third kappa shape index (κ3) is 5.44. The van der Waals surface area contributed by atoms with E-state index in [1.807, 2.05) is 0 Å². The molecule has 7 heteroatoms. The first-order chi connectivity index (χ1) is 13.6. The Morgan fingerprint density at radius 2 is 1.75 bits per heavy atom. The number of fused-ring (bicyclic) bond motifs is 1. The summed E-state index contributed by atoms with van der Waals surface area (Å²) in [6.45, 7) is 0.616. The van der Waals surface area contributed by atoms with Crippen LogP contribution in [-0.4, -0.2) is 37.6 Å². The van der Waals surface area contributed by atoms with E-state index in [0.717, 1.165) is 12.0 Å². The van der Waals surface area contributed by atoms with Gasteiger partial charge in [-0.1, -0.05) is 24.3 Å². The summed E-state index contributed by atoms with van der Waals surface area (Å²) in [5, 5.41) is 2.16. The van der Waals surface area contributed by atoms with Crippen LogP contribution in [0.4, 0.5) is 0 Å². The summed E-state index contributed by atoms with van der Waals surface area (Å²) in [5.74, 6) is -0.672. The molecule has 0 unspecified atom stereocenters. The minimum Gasteiger partial charge on any atom is -0.490 e. The molecular formula is C21H19NO6. The molecule has 0 radical (unpaired) electrons. The van der Waals surface area contributed by atoms with Crippen LogP contribution >= 0.6 is 0 Å². The number of hydrogen-bond acceptors (Lipinski definition) is 6. The summed E-state index contributed by atoms with van der Waals surface area (Å²) in [5.41, 5.74) is 1.07. The highest BCUT2D eigenvalue weighted by Gasteiger charge is 2.12. The van der Waals surface area contributed by atoms with Crippen molar-refractivity contribution in [3.8, 4) is 11.5 Å². The molecule has 0 atom stereocenters. The monoisotopic (exact) mass is 381 g/mol. The number of hydrogen-bond donors (Lipinski definition) is 1. The summed E-state index contributed by atoms with van der Waals surface area (Å²) in [6.07, 6.45) is 3.55. The highest BCUT2D eigenvalue weighted by molar-refractivity contribution is 6.05. The van der Waals surface area contributed by atoms with E-state index in [4.69, 9.17) is 14.2 Å². The number of carbonyl (C=O) groups excluding carboxylic acids is 3. The fourth-order valence-electron chi connectivity index (χ4n) is 2.46. The number of imide groups is 1.